The lowest BCUT2D eigenvalue weighted by Crippen LogP contribution is -2.54. The van der Waals surface area contributed by atoms with Crippen molar-refractivity contribution in [3.05, 3.63) is 47.9 Å². The topological polar surface area (TPSA) is 59.0 Å². The van der Waals surface area contributed by atoms with Gasteiger partial charge in [-0.15, -0.1) is 0 Å². The molecule has 0 aromatic heterocycles. The normalized spacial score (nSPS) is 18.9. The Bertz CT molecular complexity index is 788. The predicted molar refractivity (Wildman–Crippen MR) is 115 cm³/mol. The summed E-state index contributed by atoms with van der Waals surface area (Å²) < 4.78 is 11.6. The van der Waals surface area contributed by atoms with Crippen LogP contribution < -0.4 is 4.90 Å². The average molecular weight is 404 g/mol. The summed E-state index contributed by atoms with van der Waals surface area (Å²) in [4.78, 5) is 15.0. The Morgan fingerprint density at radius 1 is 1.32 bits per heavy atom. The van der Waals surface area contributed by atoms with Crippen molar-refractivity contribution in [1.29, 1.82) is 0 Å². The molecular weight excluding hydrogens is 370 g/mol. The minimum atomic E-state index is -1.97. The molecule has 2 rings (SSSR count). The molecule has 0 saturated carbocycles. The number of hydrogen-bond acceptors (Lipinski definition) is 4. The highest BCUT2D eigenvalue weighted by atomic mass is 28.4. The largest absolute Gasteiger partial charge is 0.489 e. The molecule has 154 valence electrons. The highest BCUT2D eigenvalue weighted by Gasteiger charge is 2.46. The number of aliphatic hydroxyl groups is 1. The first-order valence-electron chi connectivity index (χ1n) is 9.59. The molecule has 1 aliphatic heterocycles. The standard InChI is InChI=1S/C22H33NO4Si/c1-9-19(26-6)22(5,25)20(24)23-17(14-16-12-10-11-13-18(16)23)15-27-28(7,8)21(2,3)4/h10-13,17,25H,1,14-15H2,2-8H3/t17-,22+/m0/s1. The first kappa shape index (κ1) is 22.4. The van der Waals surface area contributed by atoms with Crippen LogP contribution in [-0.4, -0.2) is 44.7 Å². The van der Waals surface area contributed by atoms with Crippen molar-refractivity contribution in [3.63, 3.8) is 0 Å². The Labute approximate surface area is 169 Å². The molecule has 1 aromatic carbocycles. The zero-order chi connectivity index (χ0) is 21.3. The third-order valence-corrected chi connectivity index (χ3v) is 10.5. The van der Waals surface area contributed by atoms with E-state index in [2.05, 4.69) is 46.2 Å². The number of hydrogen-bond donors (Lipinski definition) is 1. The first-order valence-corrected chi connectivity index (χ1v) is 12.5. The number of benzene rings is 1. The Morgan fingerprint density at radius 2 is 1.93 bits per heavy atom. The second-order valence-corrected chi connectivity index (χ2v) is 13.8. The number of methoxy groups -OCH3 is 1. The molecule has 0 radical (unpaired) electrons. The second kappa shape index (κ2) is 7.88. The maximum Gasteiger partial charge on any atom is 0.267 e. The maximum absolute atomic E-state index is 13.4. The Hall–Kier alpha value is -1.85. The molecule has 0 unspecified atom stereocenters. The van der Waals surface area contributed by atoms with Crippen molar-refractivity contribution in [1.82, 2.24) is 0 Å². The molecule has 0 saturated heterocycles. The van der Waals surface area contributed by atoms with Gasteiger partial charge in [0, 0.05) is 5.69 Å². The van der Waals surface area contributed by atoms with Crippen LogP contribution in [-0.2, 0) is 20.4 Å². The summed E-state index contributed by atoms with van der Waals surface area (Å²) in [5.74, 6) is -0.458. The molecule has 1 heterocycles. The predicted octanol–water partition coefficient (Wildman–Crippen LogP) is 4.03. The van der Waals surface area contributed by atoms with Gasteiger partial charge in [-0.25, -0.2) is 0 Å². The van der Waals surface area contributed by atoms with Gasteiger partial charge in [-0.2, -0.15) is 0 Å². The summed E-state index contributed by atoms with van der Waals surface area (Å²) >= 11 is 0. The Morgan fingerprint density at radius 3 is 2.46 bits per heavy atom. The fourth-order valence-corrected chi connectivity index (χ4v) is 4.21. The lowest BCUT2D eigenvalue weighted by Gasteiger charge is -2.39. The lowest BCUT2D eigenvalue weighted by atomic mass is 10.0. The molecular formula is C22H33NO4Si. The molecule has 0 spiro atoms. The number of carbonyl (C=O) groups is 1. The number of fused-ring (bicyclic) bond motifs is 1. The summed E-state index contributed by atoms with van der Waals surface area (Å²) in [6, 6.07) is 7.58. The van der Waals surface area contributed by atoms with Gasteiger partial charge in [-0.05, 0) is 43.1 Å². The van der Waals surface area contributed by atoms with Gasteiger partial charge in [-0.1, -0.05) is 51.3 Å². The quantitative estimate of drug-likeness (QED) is 0.443. The molecule has 2 atom stereocenters. The van der Waals surface area contributed by atoms with Crippen LogP contribution in [0, 0.1) is 0 Å². The third kappa shape index (κ3) is 4.10. The van der Waals surface area contributed by atoms with Gasteiger partial charge < -0.3 is 19.2 Å². The molecule has 1 amide bonds. The van der Waals surface area contributed by atoms with Crippen molar-refractivity contribution < 1.29 is 19.1 Å². The second-order valence-electron chi connectivity index (χ2n) is 9.02. The van der Waals surface area contributed by atoms with Crippen LogP contribution in [0.3, 0.4) is 0 Å². The fraction of sp³-hybridized carbons (Fsp3) is 0.545. The van der Waals surface area contributed by atoms with Crippen molar-refractivity contribution in [2.75, 3.05) is 18.6 Å². The van der Waals surface area contributed by atoms with E-state index < -0.39 is 19.8 Å². The van der Waals surface area contributed by atoms with E-state index in [4.69, 9.17) is 9.16 Å². The average Bonchev–Trinajstić information content (AvgIpc) is 2.97. The van der Waals surface area contributed by atoms with Crippen LogP contribution in [0.25, 0.3) is 0 Å². The van der Waals surface area contributed by atoms with Crippen molar-refractivity contribution in [2.24, 2.45) is 0 Å². The number of carbonyl (C=O) groups excluding carboxylic acids is 1. The molecule has 28 heavy (non-hydrogen) atoms. The van der Waals surface area contributed by atoms with E-state index >= 15 is 0 Å². The first-order chi connectivity index (χ1) is 12.9. The van der Waals surface area contributed by atoms with E-state index in [1.165, 1.54) is 14.0 Å². The van der Waals surface area contributed by atoms with Gasteiger partial charge in [-0.3, -0.25) is 4.79 Å². The highest BCUT2D eigenvalue weighted by molar-refractivity contribution is 6.74. The number of rotatable bonds is 6. The number of anilines is 1. The summed E-state index contributed by atoms with van der Waals surface area (Å²) in [6.45, 7) is 16.3. The molecule has 1 aromatic rings. The van der Waals surface area contributed by atoms with Gasteiger partial charge in [0.1, 0.15) is 0 Å². The summed E-state index contributed by atoms with van der Waals surface area (Å²) in [5.41, 5.74) is 2.54. The fourth-order valence-electron chi connectivity index (χ4n) is 3.16. The molecule has 1 aliphatic rings. The van der Waals surface area contributed by atoms with E-state index in [0.29, 0.717) is 13.0 Å². The van der Waals surface area contributed by atoms with E-state index in [-0.39, 0.29) is 16.8 Å². The summed E-state index contributed by atoms with van der Waals surface area (Å²) in [6.07, 6.45) is 0.687. The van der Waals surface area contributed by atoms with Gasteiger partial charge in [0.25, 0.3) is 5.91 Å². The molecule has 5 nitrogen and oxygen atoms in total. The smallest absolute Gasteiger partial charge is 0.267 e. The Kier molecular flexibility index (Phi) is 6.31. The van der Waals surface area contributed by atoms with Gasteiger partial charge >= 0.3 is 0 Å². The SMILES string of the molecule is C=C=C(OC)[C@@](C)(O)C(=O)N1c2ccccc2C[C@H]1CO[Si](C)(C)C(C)(C)C. The molecule has 0 fully saturated rings. The number of ether oxygens (including phenoxy) is 1. The molecule has 1 N–H and O–H groups in total. The summed E-state index contributed by atoms with van der Waals surface area (Å²) in [7, 11) is -0.580. The third-order valence-electron chi connectivity index (χ3n) is 5.96. The van der Waals surface area contributed by atoms with Crippen molar-refractivity contribution >= 4 is 19.9 Å². The van der Waals surface area contributed by atoms with Crippen LogP contribution in [0.2, 0.25) is 18.1 Å². The monoisotopic (exact) mass is 403 g/mol. The zero-order valence-corrected chi connectivity index (χ0v) is 19.1. The molecule has 0 bridgehead atoms. The van der Waals surface area contributed by atoms with Crippen LogP contribution in [0.1, 0.15) is 33.3 Å². The van der Waals surface area contributed by atoms with E-state index in [9.17, 15) is 9.90 Å². The van der Waals surface area contributed by atoms with Gasteiger partial charge in [0.2, 0.25) is 5.60 Å². The van der Waals surface area contributed by atoms with E-state index in [1.54, 1.807) is 4.90 Å². The van der Waals surface area contributed by atoms with Crippen LogP contribution >= 0.6 is 0 Å². The minimum absolute atomic E-state index is 0.00551. The summed E-state index contributed by atoms with van der Waals surface area (Å²) in [5, 5.41) is 11.0. The zero-order valence-electron chi connectivity index (χ0n) is 18.1. The maximum atomic E-state index is 13.4. The van der Waals surface area contributed by atoms with Crippen LogP contribution in [0.15, 0.2) is 42.3 Å². The van der Waals surface area contributed by atoms with Gasteiger partial charge in [0.05, 0.1) is 19.8 Å². The Balaban J connectivity index is 2.37. The van der Waals surface area contributed by atoms with Crippen LogP contribution in [0.5, 0.6) is 0 Å². The molecule has 6 heteroatoms. The number of para-hydroxylation sites is 1. The molecule has 0 aliphatic carbocycles. The van der Waals surface area contributed by atoms with E-state index in [1.807, 2.05) is 24.3 Å². The number of amides is 1. The van der Waals surface area contributed by atoms with Crippen molar-refractivity contribution in [3.8, 4) is 0 Å². The van der Waals surface area contributed by atoms with Crippen molar-refractivity contribution in [2.45, 2.75) is 63.9 Å². The highest BCUT2D eigenvalue weighted by Crippen LogP contribution is 2.39. The van der Waals surface area contributed by atoms with Crippen LogP contribution in [0.4, 0.5) is 5.69 Å². The van der Waals surface area contributed by atoms with Gasteiger partial charge in [0.15, 0.2) is 14.1 Å². The number of nitrogens with zero attached hydrogens (tertiary/aromatic N) is 1. The van der Waals surface area contributed by atoms with E-state index in [0.717, 1.165) is 11.3 Å². The minimum Gasteiger partial charge on any atom is -0.489 e. The lowest BCUT2D eigenvalue weighted by molar-refractivity contribution is -0.135.